The van der Waals surface area contributed by atoms with Gasteiger partial charge in [0, 0.05) is 42.8 Å². The highest BCUT2D eigenvalue weighted by molar-refractivity contribution is 6.31. The minimum Gasteiger partial charge on any atom is -0.496 e. The van der Waals surface area contributed by atoms with Crippen LogP contribution in [-0.4, -0.2) is 61.1 Å². The lowest BCUT2D eigenvalue weighted by Crippen LogP contribution is -2.37. The lowest BCUT2D eigenvalue weighted by atomic mass is 9.88. The molecule has 0 aliphatic carbocycles. The Morgan fingerprint density at radius 1 is 1.16 bits per heavy atom. The first-order chi connectivity index (χ1) is 15.0. The van der Waals surface area contributed by atoms with Crippen molar-refractivity contribution in [3.63, 3.8) is 0 Å². The number of halogens is 1. The van der Waals surface area contributed by atoms with Crippen LogP contribution >= 0.6 is 11.6 Å². The Labute approximate surface area is 189 Å². The van der Waals surface area contributed by atoms with Gasteiger partial charge in [0.15, 0.2) is 0 Å². The van der Waals surface area contributed by atoms with E-state index in [4.69, 9.17) is 16.3 Å². The second-order valence-corrected chi connectivity index (χ2v) is 8.95. The fourth-order valence-corrected chi connectivity index (χ4v) is 4.66. The number of likely N-dealkylation sites (N-methyl/N-ethyl adjacent to an activating group) is 1. The van der Waals surface area contributed by atoms with Crippen molar-refractivity contribution < 1.29 is 9.53 Å². The number of benzene rings is 2. The lowest BCUT2D eigenvalue weighted by Gasteiger charge is -2.32. The molecule has 0 atom stereocenters. The monoisotopic (exact) mass is 439 g/mol. The van der Waals surface area contributed by atoms with Gasteiger partial charge >= 0.3 is 0 Å². The summed E-state index contributed by atoms with van der Waals surface area (Å²) in [7, 11) is 5.82. The van der Waals surface area contributed by atoms with E-state index in [1.54, 1.807) is 7.11 Å². The number of hydrogen-bond acceptors (Lipinski definition) is 3. The summed E-state index contributed by atoms with van der Waals surface area (Å²) in [5.41, 5.74) is 3.02. The molecule has 1 aliphatic heterocycles. The highest BCUT2D eigenvalue weighted by Crippen LogP contribution is 2.35. The van der Waals surface area contributed by atoms with Gasteiger partial charge in [-0.25, -0.2) is 0 Å². The number of hydrogen-bond donors (Lipinski definition) is 0. The summed E-state index contributed by atoms with van der Waals surface area (Å²) in [5, 5.41) is 1.66. The molecule has 0 N–H and O–H groups in total. The second kappa shape index (κ2) is 9.33. The minimum absolute atomic E-state index is 0.106. The first-order valence-corrected chi connectivity index (χ1v) is 11.2. The summed E-state index contributed by atoms with van der Waals surface area (Å²) < 4.78 is 7.69. The van der Waals surface area contributed by atoms with Gasteiger partial charge < -0.3 is 19.1 Å². The number of piperidine rings is 1. The Hall–Kier alpha value is -2.50. The summed E-state index contributed by atoms with van der Waals surface area (Å²) in [6, 6.07) is 14.0. The third kappa shape index (κ3) is 4.58. The highest BCUT2D eigenvalue weighted by atomic mass is 35.5. The molecule has 3 aromatic rings. The SMILES string of the molecule is COc1ccccc1C1CCN(C(=O)c2cn(CCN(C)C)c3cc(Cl)ccc23)CC1. The molecule has 0 bridgehead atoms. The number of likely N-dealkylation sites (tertiary alicyclic amines) is 1. The Morgan fingerprint density at radius 3 is 2.61 bits per heavy atom. The predicted molar refractivity (Wildman–Crippen MR) is 126 cm³/mol. The largest absolute Gasteiger partial charge is 0.496 e. The molecular formula is C25H30ClN3O2. The van der Waals surface area contributed by atoms with Gasteiger partial charge in [-0.3, -0.25) is 4.79 Å². The molecule has 1 saturated heterocycles. The Kier molecular flexibility index (Phi) is 6.54. The molecule has 0 spiro atoms. The van der Waals surface area contributed by atoms with E-state index >= 15 is 0 Å². The van der Waals surface area contributed by atoms with E-state index in [0.29, 0.717) is 10.9 Å². The highest BCUT2D eigenvalue weighted by Gasteiger charge is 2.28. The molecule has 0 radical (unpaired) electrons. The maximum atomic E-state index is 13.5. The third-order valence-electron chi connectivity index (χ3n) is 6.22. The van der Waals surface area contributed by atoms with E-state index in [9.17, 15) is 4.79 Å². The van der Waals surface area contributed by atoms with Crippen molar-refractivity contribution in [2.75, 3.05) is 40.8 Å². The van der Waals surface area contributed by atoms with Crippen LogP contribution in [0.1, 0.15) is 34.7 Å². The molecule has 5 nitrogen and oxygen atoms in total. The van der Waals surface area contributed by atoms with Gasteiger partial charge in [0.25, 0.3) is 5.91 Å². The molecule has 6 heteroatoms. The van der Waals surface area contributed by atoms with Crippen LogP contribution in [0.5, 0.6) is 5.75 Å². The zero-order chi connectivity index (χ0) is 22.0. The maximum absolute atomic E-state index is 13.5. The lowest BCUT2D eigenvalue weighted by molar-refractivity contribution is 0.0714. The molecule has 0 unspecified atom stereocenters. The molecule has 2 aromatic carbocycles. The van der Waals surface area contributed by atoms with Crippen LogP contribution in [0.4, 0.5) is 0 Å². The van der Waals surface area contributed by atoms with Crippen LogP contribution in [0, 0.1) is 0 Å². The molecule has 1 aliphatic rings. The number of amides is 1. The summed E-state index contributed by atoms with van der Waals surface area (Å²) in [6.07, 6.45) is 3.88. The van der Waals surface area contributed by atoms with E-state index in [2.05, 4.69) is 35.7 Å². The van der Waals surface area contributed by atoms with Crippen molar-refractivity contribution in [3.05, 3.63) is 64.8 Å². The van der Waals surface area contributed by atoms with E-state index in [0.717, 1.165) is 61.2 Å². The van der Waals surface area contributed by atoms with Crippen LogP contribution in [0.2, 0.25) is 5.02 Å². The number of aromatic nitrogens is 1. The molecule has 1 amide bonds. The van der Waals surface area contributed by atoms with Crippen molar-refractivity contribution in [2.45, 2.75) is 25.3 Å². The van der Waals surface area contributed by atoms with Crippen molar-refractivity contribution in [1.29, 1.82) is 0 Å². The van der Waals surface area contributed by atoms with Gasteiger partial charge in [0.05, 0.1) is 18.2 Å². The van der Waals surface area contributed by atoms with Gasteiger partial charge in [-0.05, 0) is 56.6 Å². The second-order valence-electron chi connectivity index (χ2n) is 8.51. The number of carbonyl (C=O) groups is 1. The summed E-state index contributed by atoms with van der Waals surface area (Å²) >= 11 is 6.26. The van der Waals surface area contributed by atoms with Crippen LogP contribution in [0.3, 0.4) is 0 Å². The molecule has 31 heavy (non-hydrogen) atoms. The molecule has 164 valence electrons. The molecule has 4 rings (SSSR count). The molecule has 1 aromatic heterocycles. The number of ether oxygens (including phenoxy) is 1. The Morgan fingerprint density at radius 2 is 1.90 bits per heavy atom. The molecule has 2 heterocycles. The number of methoxy groups -OCH3 is 1. The van der Waals surface area contributed by atoms with Gasteiger partial charge in [0.2, 0.25) is 0 Å². The van der Waals surface area contributed by atoms with E-state index < -0.39 is 0 Å². The first kappa shape index (κ1) is 21.7. The van der Waals surface area contributed by atoms with Crippen molar-refractivity contribution in [1.82, 2.24) is 14.4 Å². The number of rotatable bonds is 6. The van der Waals surface area contributed by atoms with Gasteiger partial charge in [-0.2, -0.15) is 0 Å². The molecule has 1 fully saturated rings. The van der Waals surface area contributed by atoms with Gasteiger partial charge in [0.1, 0.15) is 5.75 Å². The van der Waals surface area contributed by atoms with Crippen LogP contribution < -0.4 is 4.74 Å². The molecule has 0 saturated carbocycles. The average Bonchev–Trinajstić information content (AvgIpc) is 3.15. The van der Waals surface area contributed by atoms with E-state index in [1.807, 2.05) is 41.4 Å². The Balaban J connectivity index is 1.54. The van der Waals surface area contributed by atoms with Crippen molar-refractivity contribution in [2.24, 2.45) is 0 Å². The van der Waals surface area contributed by atoms with Gasteiger partial charge in [-0.15, -0.1) is 0 Å². The summed E-state index contributed by atoms with van der Waals surface area (Å²) in [6.45, 7) is 3.21. The van der Waals surface area contributed by atoms with Gasteiger partial charge in [-0.1, -0.05) is 35.9 Å². The fraction of sp³-hybridized carbons (Fsp3) is 0.400. The van der Waals surface area contributed by atoms with Crippen LogP contribution in [-0.2, 0) is 6.54 Å². The van der Waals surface area contributed by atoms with Crippen molar-refractivity contribution >= 4 is 28.4 Å². The number of nitrogens with zero attached hydrogens (tertiary/aromatic N) is 3. The zero-order valence-electron chi connectivity index (χ0n) is 18.5. The van der Waals surface area contributed by atoms with E-state index in [1.165, 1.54) is 5.56 Å². The number of para-hydroxylation sites is 1. The number of carbonyl (C=O) groups excluding carboxylic acids is 1. The summed E-state index contributed by atoms with van der Waals surface area (Å²) in [5.74, 6) is 1.46. The minimum atomic E-state index is 0.106. The third-order valence-corrected chi connectivity index (χ3v) is 6.46. The van der Waals surface area contributed by atoms with Crippen LogP contribution in [0.15, 0.2) is 48.7 Å². The first-order valence-electron chi connectivity index (χ1n) is 10.8. The van der Waals surface area contributed by atoms with Crippen molar-refractivity contribution in [3.8, 4) is 5.75 Å². The van der Waals surface area contributed by atoms with Crippen LogP contribution in [0.25, 0.3) is 10.9 Å². The Bertz CT molecular complexity index is 1070. The smallest absolute Gasteiger partial charge is 0.256 e. The topological polar surface area (TPSA) is 37.7 Å². The molecular weight excluding hydrogens is 410 g/mol. The fourth-order valence-electron chi connectivity index (χ4n) is 4.50. The van der Waals surface area contributed by atoms with E-state index in [-0.39, 0.29) is 5.91 Å². The number of fused-ring (bicyclic) bond motifs is 1. The quantitative estimate of drug-likeness (QED) is 0.549. The normalized spacial score (nSPS) is 15.1. The standard InChI is InChI=1S/C25H30ClN3O2/c1-27(2)14-15-29-17-22(21-9-8-19(26)16-23(21)29)25(30)28-12-10-18(11-13-28)20-6-4-5-7-24(20)31-3/h4-9,16-18H,10-15H2,1-3H3. The summed E-state index contributed by atoms with van der Waals surface area (Å²) in [4.78, 5) is 17.6. The zero-order valence-corrected chi connectivity index (χ0v) is 19.2. The average molecular weight is 440 g/mol. The predicted octanol–water partition coefficient (Wildman–Crippen LogP) is 4.88. The maximum Gasteiger partial charge on any atom is 0.256 e.